The lowest BCUT2D eigenvalue weighted by molar-refractivity contribution is -0.137. The lowest BCUT2D eigenvalue weighted by atomic mass is 9.80. The van der Waals surface area contributed by atoms with E-state index in [0.29, 0.717) is 13.0 Å². The van der Waals surface area contributed by atoms with Gasteiger partial charge in [0.2, 0.25) is 5.91 Å². The summed E-state index contributed by atoms with van der Waals surface area (Å²) in [6.45, 7) is 6.38. The van der Waals surface area contributed by atoms with Gasteiger partial charge in [-0.1, -0.05) is 26.7 Å². The van der Waals surface area contributed by atoms with Crippen molar-refractivity contribution in [1.29, 1.82) is 0 Å². The SMILES string of the molecule is CC1(C)CN(CC(=O)N(C2CCCC2)C2CCS(=O)(=O)C2)CCC1N.Cl. The Labute approximate surface area is 164 Å². The Morgan fingerprint density at radius 3 is 2.35 bits per heavy atom. The maximum Gasteiger partial charge on any atom is 0.237 e. The highest BCUT2D eigenvalue weighted by atomic mass is 35.5. The van der Waals surface area contributed by atoms with E-state index in [1.54, 1.807) is 0 Å². The Morgan fingerprint density at radius 1 is 1.15 bits per heavy atom. The molecule has 1 saturated carbocycles. The van der Waals surface area contributed by atoms with E-state index in [-0.39, 0.29) is 53.4 Å². The first-order chi connectivity index (χ1) is 11.7. The van der Waals surface area contributed by atoms with Crippen LogP contribution in [0.5, 0.6) is 0 Å². The Morgan fingerprint density at radius 2 is 1.81 bits per heavy atom. The standard InChI is InChI=1S/C18H33N3O3S.ClH/c1-18(2)13-20(9-7-16(18)19)11-17(22)21(14-5-3-4-6-14)15-8-10-25(23,24)12-15;/h14-16H,3-13,19H2,1-2H3;1H. The van der Waals surface area contributed by atoms with Gasteiger partial charge in [0.1, 0.15) is 0 Å². The van der Waals surface area contributed by atoms with Gasteiger partial charge in [-0.25, -0.2) is 8.42 Å². The van der Waals surface area contributed by atoms with Crippen molar-refractivity contribution in [2.75, 3.05) is 31.1 Å². The molecule has 3 aliphatic rings. The van der Waals surface area contributed by atoms with E-state index in [1.807, 2.05) is 4.90 Å². The van der Waals surface area contributed by atoms with E-state index in [1.165, 1.54) is 0 Å². The van der Waals surface area contributed by atoms with Crippen LogP contribution in [0.4, 0.5) is 0 Å². The molecule has 2 unspecified atom stereocenters. The van der Waals surface area contributed by atoms with Gasteiger partial charge in [-0.05, 0) is 31.1 Å². The molecule has 0 aromatic carbocycles. The molecule has 26 heavy (non-hydrogen) atoms. The maximum atomic E-state index is 13.1. The number of rotatable bonds is 4. The van der Waals surface area contributed by atoms with Gasteiger partial charge in [0, 0.05) is 31.2 Å². The van der Waals surface area contributed by atoms with Gasteiger partial charge in [0.05, 0.1) is 18.1 Å². The summed E-state index contributed by atoms with van der Waals surface area (Å²) in [5.74, 6) is 0.478. The van der Waals surface area contributed by atoms with E-state index < -0.39 is 9.84 Å². The molecule has 0 bridgehead atoms. The van der Waals surface area contributed by atoms with E-state index in [2.05, 4.69) is 18.7 Å². The summed E-state index contributed by atoms with van der Waals surface area (Å²) in [4.78, 5) is 17.3. The molecule has 1 aliphatic carbocycles. The number of halogens is 1. The van der Waals surface area contributed by atoms with Gasteiger partial charge >= 0.3 is 0 Å². The first-order valence-corrected chi connectivity index (χ1v) is 11.5. The van der Waals surface area contributed by atoms with Crippen LogP contribution in [0.25, 0.3) is 0 Å². The minimum Gasteiger partial charge on any atom is -0.335 e. The number of carbonyl (C=O) groups is 1. The molecule has 1 amide bonds. The third kappa shape index (κ3) is 4.91. The van der Waals surface area contributed by atoms with Crippen LogP contribution in [-0.4, -0.2) is 73.4 Å². The molecule has 0 aromatic rings. The van der Waals surface area contributed by atoms with Crippen LogP contribution in [0.15, 0.2) is 0 Å². The molecule has 2 aliphatic heterocycles. The van der Waals surface area contributed by atoms with Crippen molar-refractivity contribution in [3.63, 3.8) is 0 Å². The molecule has 2 N–H and O–H groups in total. The average Bonchev–Trinajstić information content (AvgIpc) is 3.13. The predicted octanol–water partition coefficient (Wildman–Crippen LogP) is 1.43. The van der Waals surface area contributed by atoms with Gasteiger partial charge < -0.3 is 10.6 Å². The Kier molecular flexibility index (Phi) is 7.03. The molecule has 2 saturated heterocycles. The number of hydrogen-bond acceptors (Lipinski definition) is 5. The van der Waals surface area contributed by atoms with E-state index in [0.717, 1.165) is 45.2 Å². The van der Waals surface area contributed by atoms with Gasteiger partial charge in [-0.15, -0.1) is 12.4 Å². The zero-order valence-electron chi connectivity index (χ0n) is 16.0. The first kappa shape index (κ1) is 21.9. The largest absolute Gasteiger partial charge is 0.335 e. The number of nitrogens with two attached hydrogens (primary N) is 1. The molecule has 152 valence electrons. The molecule has 3 rings (SSSR count). The molecule has 6 nitrogen and oxygen atoms in total. The number of likely N-dealkylation sites (tertiary alicyclic amines) is 1. The normalized spacial score (nSPS) is 31.5. The molecule has 0 radical (unpaired) electrons. The summed E-state index contributed by atoms with van der Waals surface area (Å²) < 4.78 is 23.9. The highest BCUT2D eigenvalue weighted by Crippen LogP contribution is 2.31. The third-order valence-electron chi connectivity index (χ3n) is 6.36. The van der Waals surface area contributed by atoms with Crippen LogP contribution in [0.3, 0.4) is 0 Å². The smallest absolute Gasteiger partial charge is 0.237 e. The summed E-state index contributed by atoms with van der Waals surface area (Å²) in [7, 11) is -2.99. The second kappa shape index (κ2) is 8.33. The van der Waals surface area contributed by atoms with Crippen molar-refractivity contribution in [3.05, 3.63) is 0 Å². The van der Waals surface area contributed by atoms with Crippen molar-refractivity contribution in [1.82, 2.24) is 9.80 Å². The number of piperidine rings is 1. The van der Waals surface area contributed by atoms with Crippen molar-refractivity contribution in [3.8, 4) is 0 Å². The molecule has 0 aromatic heterocycles. The van der Waals surface area contributed by atoms with Crippen LogP contribution in [0.2, 0.25) is 0 Å². The van der Waals surface area contributed by atoms with Crippen molar-refractivity contribution >= 4 is 28.2 Å². The summed E-state index contributed by atoms with van der Waals surface area (Å²) in [6, 6.07) is 0.274. The second-order valence-electron chi connectivity index (χ2n) is 8.89. The number of hydrogen-bond donors (Lipinski definition) is 1. The van der Waals surface area contributed by atoms with Gasteiger partial charge in [-0.2, -0.15) is 0 Å². The third-order valence-corrected chi connectivity index (χ3v) is 8.11. The van der Waals surface area contributed by atoms with Crippen molar-refractivity contribution in [2.45, 2.75) is 70.5 Å². The van der Waals surface area contributed by atoms with E-state index >= 15 is 0 Å². The maximum absolute atomic E-state index is 13.1. The zero-order chi connectivity index (χ0) is 18.2. The predicted molar refractivity (Wildman–Crippen MR) is 106 cm³/mol. The van der Waals surface area contributed by atoms with Crippen molar-refractivity contribution in [2.24, 2.45) is 11.1 Å². The molecule has 2 heterocycles. The summed E-state index contributed by atoms with van der Waals surface area (Å²) in [6.07, 6.45) is 5.80. The number of nitrogens with zero attached hydrogens (tertiary/aromatic N) is 2. The monoisotopic (exact) mass is 407 g/mol. The molecular formula is C18H34ClN3O3S. The average molecular weight is 408 g/mol. The summed E-state index contributed by atoms with van der Waals surface area (Å²) in [5.41, 5.74) is 6.21. The number of carbonyl (C=O) groups excluding carboxylic acids is 1. The zero-order valence-corrected chi connectivity index (χ0v) is 17.7. The van der Waals surface area contributed by atoms with Crippen LogP contribution < -0.4 is 5.73 Å². The Hall–Kier alpha value is -0.370. The number of amides is 1. The van der Waals surface area contributed by atoms with Crippen LogP contribution in [0, 0.1) is 5.41 Å². The highest BCUT2D eigenvalue weighted by Gasteiger charge is 2.40. The lowest BCUT2D eigenvalue weighted by Gasteiger charge is -2.43. The minimum atomic E-state index is -2.99. The summed E-state index contributed by atoms with van der Waals surface area (Å²) in [5, 5.41) is 0. The highest BCUT2D eigenvalue weighted by molar-refractivity contribution is 7.91. The van der Waals surface area contributed by atoms with Gasteiger partial charge in [0.25, 0.3) is 0 Å². The van der Waals surface area contributed by atoms with E-state index in [9.17, 15) is 13.2 Å². The molecule has 3 fully saturated rings. The lowest BCUT2D eigenvalue weighted by Crippen LogP contribution is -2.56. The molecular weight excluding hydrogens is 374 g/mol. The fourth-order valence-corrected chi connectivity index (χ4v) is 6.49. The Bertz CT molecular complexity index is 605. The minimum absolute atomic E-state index is 0. The fraction of sp³-hybridized carbons (Fsp3) is 0.944. The molecule has 2 atom stereocenters. The molecule has 8 heteroatoms. The quantitative estimate of drug-likeness (QED) is 0.762. The first-order valence-electron chi connectivity index (χ1n) is 9.67. The number of sulfone groups is 1. The van der Waals surface area contributed by atoms with Gasteiger partial charge in [-0.3, -0.25) is 9.69 Å². The van der Waals surface area contributed by atoms with Crippen molar-refractivity contribution < 1.29 is 13.2 Å². The van der Waals surface area contributed by atoms with Gasteiger partial charge in [0.15, 0.2) is 9.84 Å². The van der Waals surface area contributed by atoms with Crippen LogP contribution in [-0.2, 0) is 14.6 Å². The van der Waals surface area contributed by atoms with Crippen LogP contribution in [0.1, 0.15) is 52.4 Å². The summed E-state index contributed by atoms with van der Waals surface area (Å²) >= 11 is 0. The Balaban J connectivity index is 0.00000243. The molecule has 0 spiro atoms. The topological polar surface area (TPSA) is 83.7 Å². The second-order valence-corrected chi connectivity index (χ2v) is 11.1. The fourth-order valence-electron chi connectivity index (χ4n) is 4.78. The van der Waals surface area contributed by atoms with Crippen LogP contribution >= 0.6 is 12.4 Å². The van der Waals surface area contributed by atoms with E-state index in [4.69, 9.17) is 5.73 Å².